The Balaban J connectivity index is 1.93. The quantitative estimate of drug-likeness (QED) is 0.887. The Hall–Kier alpha value is -2.09. The summed E-state index contributed by atoms with van der Waals surface area (Å²) in [5.41, 5.74) is 1.60. The van der Waals surface area contributed by atoms with E-state index in [1.165, 1.54) is 0 Å². The van der Waals surface area contributed by atoms with Crippen molar-refractivity contribution in [3.8, 4) is 6.07 Å². The zero-order valence-electron chi connectivity index (χ0n) is 11.1. The highest BCUT2D eigenvalue weighted by Crippen LogP contribution is 2.24. The van der Waals surface area contributed by atoms with Crippen molar-refractivity contribution in [3.05, 3.63) is 24.0 Å². The van der Waals surface area contributed by atoms with E-state index in [0.717, 1.165) is 38.2 Å². The van der Waals surface area contributed by atoms with Gasteiger partial charge in [-0.25, -0.2) is 0 Å². The first kappa shape index (κ1) is 13.3. The molecule has 1 N–H and O–H groups in total. The molecule has 0 atom stereocenters. The topological polar surface area (TPSA) is 69.0 Å². The fourth-order valence-corrected chi connectivity index (χ4v) is 2.40. The molecular formula is C14H18N4O. The van der Waals surface area contributed by atoms with E-state index in [9.17, 15) is 4.79 Å². The van der Waals surface area contributed by atoms with E-state index in [-0.39, 0.29) is 5.91 Å². The van der Waals surface area contributed by atoms with E-state index in [1.54, 1.807) is 25.4 Å². The molecule has 2 rings (SSSR count). The molecule has 1 fully saturated rings. The number of hydrogen-bond acceptors (Lipinski definition) is 4. The zero-order chi connectivity index (χ0) is 13.7. The molecule has 19 heavy (non-hydrogen) atoms. The lowest BCUT2D eigenvalue weighted by Crippen LogP contribution is -2.38. The summed E-state index contributed by atoms with van der Waals surface area (Å²) >= 11 is 0. The lowest BCUT2D eigenvalue weighted by molar-refractivity contribution is -0.119. The lowest BCUT2D eigenvalue weighted by atomic mass is 9.96. The predicted molar refractivity (Wildman–Crippen MR) is 72.6 cm³/mol. The van der Waals surface area contributed by atoms with Crippen LogP contribution in [0.15, 0.2) is 18.5 Å². The third-order valence-electron chi connectivity index (χ3n) is 3.52. The minimum atomic E-state index is 0.0291. The molecule has 0 spiro atoms. The monoisotopic (exact) mass is 258 g/mol. The molecule has 1 aliphatic rings. The van der Waals surface area contributed by atoms with Gasteiger partial charge in [-0.2, -0.15) is 5.26 Å². The number of nitrogens with one attached hydrogen (secondary N) is 1. The van der Waals surface area contributed by atoms with Crippen molar-refractivity contribution >= 4 is 11.6 Å². The van der Waals surface area contributed by atoms with Gasteiger partial charge in [0.15, 0.2) is 0 Å². The van der Waals surface area contributed by atoms with Gasteiger partial charge in [0.2, 0.25) is 5.91 Å². The van der Waals surface area contributed by atoms with Crippen molar-refractivity contribution in [2.45, 2.75) is 19.8 Å². The molecule has 5 heteroatoms. The summed E-state index contributed by atoms with van der Waals surface area (Å²) in [5, 5.41) is 12.0. The van der Waals surface area contributed by atoms with Crippen LogP contribution in [0.1, 0.15) is 25.3 Å². The minimum Gasteiger partial charge on any atom is -0.369 e. The van der Waals surface area contributed by atoms with E-state index < -0.39 is 0 Å². The second kappa shape index (κ2) is 6.19. The van der Waals surface area contributed by atoms with Crippen molar-refractivity contribution in [2.24, 2.45) is 5.92 Å². The van der Waals surface area contributed by atoms with Gasteiger partial charge in [-0.05, 0) is 24.8 Å². The first-order valence-electron chi connectivity index (χ1n) is 6.54. The Morgan fingerprint density at radius 1 is 1.58 bits per heavy atom. The van der Waals surface area contributed by atoms with E-state index >= 15 is 0 Å². The summed E-state index contributed by atoms with van der Waals surface area (Å²) in [4.78, 5) is 17.2. The maximum absolute atomic E-state index is 10.9. The van der Waals surface area contributed by atoms with Crippen LogP contribution in [0, 0.1) is 17.2 Å². The Kier molecular flexibility index (Phi) is 4.35. The van der Waals surface area contributed by atoms with Gasteiger partial charge in [0.1, 0.15) is 6.07 Å². The van der Waals surface area contributed by atoms with Gasteiger partial charge in [0.05, 0.1) is 17.4 Å². The van der Waals surface area contributed by atoms with Gasteiger partial charge in [-0.15, -0.1) is 0 Å². The van der Waals surface area contributed by atoms with Crippen LogP contribution in [-0.2, 0) is 4.79 Å². The molecule has 1 aromatic rings. The maximum atomic E-state index is 10.9. The van der Waals surface area contributed by atoms with Crippen LogP contribution in [0.4, 0.5) is 5.69 Å². The molecule has 1 aliphatic heterocycles. The highest BCUT2D eigenvalue weighted by atomic mass is 16.1. The largest absolute Gasteiger partial charge is 0.369 e. The fourth-order valence-electron chi connectivity index (χ4n) is 2.40. The van der Waals surface area contributed by atoms with Gasteiger partial charge in [-0.3, -0.25) is 9.78 Å². The Morgan fingerprint density at radius 2 is 2.32 bits per heavy atom. The molecule has 0 aliphatic carbocycles. The van der Waals surface area contributed by atoms with Gasteiger partial charge in [0.25, 0.3) is 0 Å². The SMILES string of the molecule is CC(=O)NCC1CCN(c2cnccc2C#N)CC1. The number of pyridine rings is 1. The molecule has 0 bridgehead atoms. The highest BCUT2D eigenvalue weighted by Gasteiger charge is 2.21. The van der Waals surface area contributed by atoms with Gasteiger partial charge in [-0.1, -0.05) is 0 Å². The number of amides is 1. The average molecular weight is 258 g/mol. The van der Waals surface area contributed by atoms with Crippen LogP contribution in [-0.4, -0.2) is 30.5 Å². The molecule has 2 heterocycles. The van der Waals surface area contributed by atoms with Crippen molar-refractivity contribution < 1.29 is 4.79 Å². The molecule has 0 aromatic carbocycles. The Morgan fingerprint density at radius 3 is 2.95 bits per heavy atom. The Labute approximate surface area is 113 Å². The molecular weight excluding hydrogens is 240 g/mol. The van der Waals surface area contributed by atoms with Gasteiger partial charge in [0, 0.05) is 32.8 Å². The number of aromatic nitrogens is 1. The van der Waals surface area contributed by atoms with Crippen molar-refractivity contribution in [1.29, 1.82) is 5.26 Å². The number of carbonyl (C=O) groups is 1. The van der Waals surface area contributed by atoms with Crippen LogP contribution in [0.3, 0.4) is 0 Å². The molecule has 0 unspecified atom stereocenters. The van der Waals surface area contributed by atoms with Crippen LogP contribution in [0.25, 0.3) is 0 Å². The first-order chi connectivity index (χ1) is 9.20. The normalized spacial score (nSPS) is 15.9. The summed E-state index contributed by atoms with van der Waals surface area (Å²) in [5.74, 6) is 0.559. The van der Waals surface area contributed by atoms with Gasteiger partial charge < -0.3 is 10.2 Å². The number of anilines is 1. The van der Waals surface area contributed by atoms with Crippen molar-refractivity contribution in [1.82, 2.24) is 10.3 Å². The van der Waals surface area contributed by atoms with E-state index in [1.807, 2.05) is 0 Å². The highest BCUT2D eigenvalue weighted by molar-refractivity contribution is 5.72. The van der Waals surface area contributed by atoms with Crippen LogP contribution < -0.4 is 10.2 Å². The number of carbonyl (C=O) groups excluding carboxylic acids is 1. The summed E-state index contributed by atoms with van der Waals surface area (Å²) < 4.78 is 0. The number of piperidine rings is 1. The molecule has 100 valence electrons. The van der Waals surface area contributed by atoms with E-state index in [0.29, 0.717) is 11.5 Å². The predicted octanol–water partition coefficient (Wildman–Crippen LogP) is 1.31. The van der Waals surface area contributed by atoms with Crippen LogP contribution >= 0.6 is 0 Å². The van der Waals surface area contributed by atoms with Crippen molar-refractivity contribution in [3.63, 3.8) is 0 Å². The second-order valence-electron chi connectivity index (χ2n) is 4.87. The molecule has 1 saturated heterocycles. The third-order valence-corrected chi connectivity index (χ3v) is 3.52. The molecule has 0 saturated carbocycles. The number of rotatable bonds is 3. The molecule has 0 radical (unpaired) electrons. The van der Waals surface area contributed by atoms with Crippen LogP contribution in [0.5, 0.6) is 0 Å². The number of nitriles is 1. The number of nitrogens with zero attached hydrogens (tertiary/aromatic N) is 3. The Bertz CT molecular complexity index is 486. The van der Waals surface area contributed by atoms with Crippen LogP contribution in [0.2, 0.25) is 0 Å². The lowest BCUT2D eigenvalue weighted by Gasteiger charge is -2.33. The summed E-state index contributed by atoms with van der Waals surface area (Å²) in [6.45, 7) is 4.11. The summed E-state index contributed by atoms with van der Waals surface area (Å²) in [7, 11) is 0. The molecule has 5 nitrogen and oxygen atoms in total. The third kappa shape index (κ3) is 3.44. The standard InChI is InChI=1S/C14H18N4O/c1-11(19)17-9-12-3-6-18(7-4-12)14-10-16-5-2-13(14)8-15/h2,5,10,12H,3-4,6-7,9H2,1H3,(H,17,19). The molecule has 1 amide bonds. The first-order valence-corrected chi connectivity index (χ1v) is 6.54. The molecule has 1 aromatic heterocycles. The fraction of sp³-hybridized carbons (Fsp3) is 0.500. The van der Waals surface area contributed by atoms with Gasteiger partial charge >= 0.3 is 0 Å². The number of hydrogen-bond donors (Lipinski definition) is 1. The average Bonchev–Trinajstić information content (AvgIpc) is 2.45. The van der Waals surface area contributed by atoms with E-state index in [4.69, 9.17) is 5.26 Å². The zero-order valence-corrected chi connectivity index (χ0v) is 11.1. The summed E-state index contributed by atoms with van der Waals surface area (Å²) in [6, 6.07) is 3.95. The smallest absolute Gasteiger partial charge is 0.216 e. The van der Waals surface area contributed by atoms with Crippen molar-refractivity contribution in [2.75, 3.05) is 24.5 Å². The maximum Gasteiger partial charge on any atom is 0.216 e. The summed E-state index contributed by atoms with van der Waals surface area (Å²) in [6.07, 6.45) is 5.46. The van der Waals surface area contributed by atoms with E-state index in [2.05, 4.69) is 21.3 Å². The minimum absolute atomic E-state index is 0.0291. The second-order valence-corrected chi connectivity index (χ2v) is 4.87.